The molecule has 0 saturated heterocycles. The van der Waals surface area contributed by atoms with Gasteiger partial charge in [-0.25, -0.2) is 9.98 Å². The van der Waals surface area contributed by atoms with Crippen molar-refractivity contribution in [3.63, 3.8) is 0 Å². The summed E-state index contributed by atoms with van der Waals surface area (Å²) in [6.07, 6.45) is 1.73. The highest BCUT2D eigenvalue weighted by molar-refractivity contribution is 5.90. The standard InChI is InChI=1S/C28H28N4O6/c1-33-20-11-16(12-21(34-2)25(20)37-5)15-29-27-24(17-13-22(35-3)26(38-6)23(14-17)36-4)31-28-30-18-9-7-8-10-19(18)32(27)28/h7-15H,1-6H3,(H,30,31)/b29-15+. The van der Waals surface area contributed by atoms with E-state index in [2.05, 4.69) is 4.98 Å². The Balaban J connectivity index is 1.74. The molecule has 0 fully saturated rings. The average molecular weight is 517 g/mol. The maximum atomic E-state index is 5.58. The molecule has 0 spiro atoms. The van der Waals surface area contributed by atoms with E-state index >= 15 is 0 Å². The van der Waals surface area contributed by atoms with Gasteiger partial charge in [-0.1, -0.05) is 12.1 Å². The van der Waals surface area contributed by atoms with Crippen molar-refractivity contribution in [2.75, 3.05) is 42.7 Å². The molecule has 196 valence electrons. The molecule has 1 N–H and O–H groups in total. The molecule has 0 unspecified atom stereocenters. The lowest BCUT2D eigenvalue weighted by molar-refractivity contribution is 0.324. The molecule has 0 bridgehead atoms. The first kappa shape index (κ1) is 24.8. The van der Waals surface area contributed by atoms with Crippen LogP contribution in [0.5, 0.6) is 34.5 Å². The van der Waals surface area contributed by atoms with Gasteiger partial charge >= 0.3 is 0 Å². The zero-order valence-corrected chi connectivity index (χ0v) is 22.0. The Labute approximate surface area is 219 Å². The minimum atomic E-state index is 0.497. The molecule has 0 atom stereocenters. The van der Waals surface area contributed by atoms with Gasteiger partial charge in [0.25, 0.3) is 0 Å². The number of aliphatic imine (C=N–C) groups is 1. The molecule has 0 aliphatic rings. The molecule has 0 aliphatic heterocycles. The molecule has 10 nitrogen and oxygen atoms in total. The molecular formula is C28H28N4O6. The van der Waals surface area contributed by atoms with Gasteiger partial charge in [-0.2, -0.15) is 0 Å². The Morgan fingerprint density at radius 2 is 1.29 bits per heavy atom. The van der Waals surface area contributed by atoms with Crippen LogP contribution >= 0.6 is 0 Å². The van der Waals surface area contributed by atoms with Crippen molar-refractivity contribution >= 4 is 28.8 Å². The molecule has 2 aromatic heterocycles. The number of methoxy groups -OCH3 is 6. The van der Waals surface area contributed by atoms with E-state index in [4.69, 9.17) is 38.4 Å². The predicted molar refractivity (Wildman–Crippen MR) is 145 cm³/mol. The van der Waals surface area contributed by atoms with E-state index in [9.17, 15) is 0 Å². The molecular weight excluding hydrogens is 488 g/mol. The van der Waals surface area contributed by atoms with Gasteiger partial charge in [0.1, 0.15) is 5.69 Å². The average Bonchev–Trinajstić information content (AvgIpc) is 3.50. The number of rotatable bonds is 9. The fourth-order valence-electron chi connectivity index (χ4n) is 4.46. The Kier molecular flexibility index (Phi) is 6.69. The number of imidazole rings is 2. The predicted octanol–water partition coefficient (Wildman–Crippen LogP) is 5.28. The monoisotopic (exact) mass is 516 g/mol. The van der Waals surface area contributed by atoms with Gasteiger partial charge in [-0.3, -0.25) is 4.40 Å². The third kappa shape index (κ3) is 4.09. The number of hydrogen-bond donors (Lipinski definition) is 1. The number of ether oxygens (including phenoxy) is 6. The van der Waals surface area contributed by atoms with Gasteiger partial charge in [0.15, 0.2) is 28.8 Å². The van der Waals surface area contributed by atoms with E-state index in [1.165, 1.54) is 0 Å². The maximum absolute atomic E-state index is 5.58. The van der Waals surface area contributed by atoms with Crippen LogP contribution in [0.4, 0.5) is 5.82 Å². The highest BCUT2D eigenvalue weighted by Gasteiger charge is 2.22. The first-order valence-electron chi connectivity index (χ1n) is 11.7. The van der Waals surface area contributed by atoms with Gasteiger partial charge in [-0.15, -0.1) is 0 Å². The van der Waals surface area contributed by atoms with Crippen molar-refractivity contribution in [1.82, 2.24) is 14.4 Å². The summed E-state index contributed by atoms with van der Waals surface area (Å²) in [6, 6.07) is 15.3. The molecule has 2 heterocycles. The van der Waals surface area contributed by atoms with Crippen molar-refractivity contribution in [1.29, 1.82) is 0 Å². The minimum absolute atomic E-state index is 0.497. The number of nitrogens with one attached hydrogen (secondary N) is 1. The second-order valence-electron chi connectivity index (χ2n) is 8.22. The van der Waals surface area contributed by atoms with Crippen molar-refractivity contribution < 1.29 is 28.4 Å². The van der Waals surface area contributed by atoms with E-state index in [0.717, 1.165) is 22.2 Å². The van der Waals surface area contributed by atoms with Crippen LogP contribution in [-0.4, -0.2) is 63.2 Å². The Morgan fingerprint density at radius 3 is 1.84 bits per heavy atom. The fourth-order valence-corrected chi connectivity index (χ4v) is 4.46. The molecule has 0 amide bonds. The van der Waals surface area contributed by atoms with Crippen LogP contribution < -0.4 is 28.4 Å². The summed E-state index contributed by atoms with van der Waals surface area (Å²) >= 11 is 0. The third-order valence-corrected chi connectivity index (χ3v) is 6.21. The number of H-pyrrole nitrogens is 1. The molecule has 5 aromatic rings. The number of benzene rings is 3. The minimum Gasteiger partial charge on any atom is -0.493 e. The first-order valence-corrected chi connectivity index (χ1v) is 11.7. The number of para-hydroxylation sites is 2. The van der Waals surface area contributed by atoms with Crippen LogP contribution in [0.15, 0.2) is 53.5 Å². The SMILES string of the molecule is COc1cc(/C=N/c2c(-c3cc(OC)c(OC)c(OC)c3)nc3[nH]c4ccccc4n23)cc(OC)c1OC. The largest absolute Gasteiger partial charge is 0.493 e. The molecule has 0 aliphatic carbocycles. The smallest absolute Gasteiger partial charge is 0.214 e. The van der Waals surface area contributed by atoms with Crippen molar-refractivity contribution in [3.8, 4) is 45.8 Å². The number of aromatic amines is 1. The van der Waals surface area contributed by atoms with Crippen LogP contribution in [0, 0.1) is 0 Å². The molecule has 38 heavy (non-hydrogen) atoms. The number of hydrogen-bond acceptors (Lipinski definition) is 8. The van der Waals surface area contributed by atoms with E-state index in [-0.39, 0.29) is 0 Å². The summed E-state index contributed by atoms with van der Waals surface area (Å²) in [6.45, 7) is 0. The van der Waals surface area contributed by atoms with Crippen molar-refractivity contribution in [2.45, 2.75) is 0 Å². The van der Waals surface area contributed by atoms with E-state index in [1.54, 1.807) is 48.9 Å². The Hall–Kier alpha value is -4.86. The fraction of sp³-hybridized carbons (Fsp3) is 0.214. The Morgan fingerprint density at radius 1 is 0.737 bits per heavy atom. The highest BCUT2D eigenvalue weighted by atomic mass is 16.5. The summed E-state index contributed by atoms with van der Waals surface area (Å²) in [7, 11) is 9.45. The van der Waals surface area contributed by atoms with Crippen LogP contribution in [0.1, 0.15) is 5.56 Å². The lowest BCUT2D eigenvalue weighted by atomic mass is 10.1. The third-order valence-electron chi connectivity index (χ3n) is 6.21. The summed E-state index contributed by atoms with van der Waals surface area (Å²) in [5, 5.41) is 0. The summed E-state index contributed by atoms with van der Waals surface area (Å²) in [5.74, 6) is 4.36. The molecule has 10 heteroatoms. The number of fused-ring (bicyclic) bond motifs is 3. The van der Waals surface area contributed by atoms with E-state index < -0.39 is 0 Å². The summed E-state index contributed by atoms with van der Waals surface area (Å²) in [4.78, 5) is 13.2. The normalized spacial score (nSPS) is 11.3. The molecule has 3 aromatic carbocycles. The number of nitrogens with zero attached hydrogens (tertiary/aromatic N) is 3. The van der Waals surface area contributed by atoms with E-state index in [0.29, 0.717) is 51.8 Å². The van der Waals surface area contributed by atoms with Gasteiger partial charge < -0.3 is 33.4 Å². The number of aromatic nitrogens is 3. The zero-order chi connectivity index (χ0) is 26.8. The van der Waals surface area contributed by atoms with Crippen LogP contribution in [0.2, 0.25) is 0 Å². The molecule has 5 rings (SSSR count). The van der Waals surface area contributed by atoms with Gasteiger partial charge in [0.05, 0.1) is 53.7 Å². The van der Waals surface area contributed by atoms with Gasteiger partial charge in [-0.05, 0) is 36.4 Å². The first-order chi connectivity index (χ1) is 18.6. The highest BCUT2D eigenvalue weighted by Crippen LogP contribution is 2.44. The second kappa shape index (κ2) is 10.3. The topological polar surface area (TPSA) is 101 Å². The lowest BCUT2D eigenvalue weighted by Gasteiger charge is -2.14. The van der Waals surface area contributed by atoms with E-state index in [1.807, 2.05) is 52.9 Å². The van der Waals surface area contributed by atoms with Crippen LogP contribution in [0.25, 0.3) is 28.1 Å². The molecule has 0 radical (unpaired) electrons. The van der Waals surface area contributed by atoms with Crippen molar-refractivity contribution in [3.05, 3.63) is 54.1 Å². The zero-order valence-electron chi connectivity index (χ0n) is 22.0. The van der Waals surface area contributed by atoms with Gasteiger partial charge in [0, 0.05) is 17.3 Å². The maximum Gasteiger partial charge on any atom is 0.214 e. The summed E-state index contributed by atoms with van der Waals surface area (Å²) < 4.78 is 35.1. The molecule has 0 saturated carbocycles. The lowest BCUT2D eigenvalue weighted by Crippen LogP contribution is -1.97. The Bertz CT molecular complexity index is 1600. The van der Waals surface area contributed by atoms with Gasteiger partial charge in [0.2, 0.25) is 17.3 Å². The second-order valence-corrected chi connectivity index (χ2v) is 8.22. The van der Waals surface area contributed by atoms with Crippen LogP contribution in [0.3, 0.4) is 0 Å². The summed E-state index contributed by atoms with van der Waals surface area (Å²) in [5.41, 5.74) is 4.01. The quantitative estimate of drug-likeness (QED) is 0.266. The van der Waals surface area contributed by atoms with Crippen molar-refractivity contribution in [2.24, 2.45) is 4.99 Å². The van der Waals surface area contributed by atoms with Crippen LogP contribution in [-0.2, 0) is 0 Å².